The van der Waals surface area contributed by atoms with Crippen molar-refractivity contribution in [1.82, 2.24) is 10.2 Å². The Morgan fingerprint density at radius 1 is 1.08 bits per heavy atom. The van der Waals surface area contributed by atoms with E-state index in [9.17, 15) is 18.0 Å². The van der Waals surface area contributed by atoms with Gasteiger partial charge in [-0.05, 0) is 56.0 Å². The van der Waals surface area contributed by atoms with Crippen LogP contribution >= 0.6 is 11.6 Å². The molecule has 0 saturated heterocycles. The molecule has 0 unspecified atom stereocenters. The summed E-state index contributed by atoms with van der Waals surface area (Å²) in [6.07, 6.45) is 6.69. The largest absolute Gasteiger partial charge is 0.352 e. The lowest BCUT2D eigenvalue weighted by molar-refractivity contribution is -0.140. The Balaban J connectivity index is 1.90. The normalized spacial score (nSPS) is 15.2. The van der Waals surface area contributed by atoms with Crippen molar-refractivity contribution < 1.29 is 18.0 Å². The van der Waals surface area contributed by atoms with E-state index in [-0.39, 0.29) is 18.5 Å². The van der Waals surface area contributed by atoms with Gasteiger partial charge in [-0.25, -0.2) is 8.42 Å². The van der Waals surface area contributed by atoms with E-state index in [0.717, 1.165) is 47.4 Å². The molecule has 0 heterocycles. The zero-order valence-corrected chi connectivity index (χ0v) is 22.8. The molecule has 1 saturated carbocycles. The molecule has 0 spiro atoms. The second-order valence-electron chi connectivity index (χ2n) is 9.52. The molecule has 2 aromatic carbocycles. The van der Waals surface area contributed by atoms with Gasteiger partial charge < -0.3 is 10.2 Å². The number of nitrogens with one attached hydrogen (secondary N) is 1. The Morgan fingerprint density at radius 2 is 1.75 bits per heavy atom. The van der Waals surface area contributed by atoms with Crippen LogP contribution in [0.1, 0.15) is 56.6 Å². The van der Waals surface area contributed by atoms with Crippen LogP contribution in [0.15, 0.2) is 48.5 Å². The number of carbonyl (C=O) groups excluding carboxylic acids is 2. The topological polar surface area (TPSA) is 86.8 Å². The van der Waals surface area contributed by atoms with Gasteiger partial charge in [0.1, 0.15) is 12.6 Å². The van der Waals surface area contributed by atoms with Crippen molar-refractivity contribution in [3.63, 3.8) is 0 Å². The third-order valence-electron chi connectivity index (χ3n) is 6.57. The van der Waals surface area contributed by atoms with Crippen molar-refractivity contribution >= 4 is 39.1 Å². The summed E-state index contributed by atoms with van der Waals surface area (Å²) in [6.45, 7) is 3.62. The second kappa shape index (κ2) is 12.6. The maximum atomic E-state index is 13.7. The number of carbonyl (C=O) groups is 2. The molecule has 196 valence electrons. The van der Waals surface area contributed by atoms with Crippen molar-refractivity contribution in [2.75, 3.05) is 17.1 Å². The summed E-state index contributed by atoms with van der Waals surface area (Å²) >= 11 is 5.98. The maximum absolute atomic E-state index is 13.7. The van der Waals surface area contributed by atoms with Crippen LogP contribution in [-0.2, 0) is 26.2 Å². The van der Waals surface area contributed by atoms with Gasteiger partial charge in [0.25, 0.3) is 0 Å². The Labute approximate surface area is 219 Å². The van der Waals surface area contributed by atoms with Crippen molar-refractivity contribution in [2.24, 2.45) is 0 Å². The van der Waals surface area contributed by atoms with E-state index in [0.29, 0.717) is 17.1 Å². The minimum Gasteiger partial charge on any atom is -0.352 e. The van der Waals surface area contributed by atoms with Gasteiger partial charge in [-0.15, -0.1) is 0 Å². The van der Waals surface area contributed by atoms with E-state index in [1.807, 2.05) is 38.1 Å². The van der Waals surface area contributed by atoms with Gasteiger partial charge in [0.2, 0.25) is 21.8 Å². The molecule has 2 aromatic rings. The minimum absolute atomic E-state index is 0.109. The van der Waals surface area contributed by atoms with Crippen molar-refractivity contribution in [3.8, 4) is 0 Å². The summed E-state index contributed by atoms with van der Waals surface area (Å²) in [5, 5.41) is 3.61. The smallest absolute Gasteiger partial charge is 0.244 e. The van der Waals surface area contributed by atoms with Crippen LogP contribution in [0.2, 0.25) is 5.02 Å². The predicted molar refractivity (Wildman–Crippen MR) is 144 cm³/mol. The van der Waals surface area contributed by atoms with E-state index in [1.165, 1.54) is 11.3 Å². The molecule has 36 heavy (non-hydrogen) atoms. The number of halogens is 1. The molecular weight excluding hydrogens is 498 g/mol. The highest BCUT2D eigenvalue weighted by molar-refractivity contribution is 7.92. The van der Waals surface area contributed by atoms with Crippen molar-refractivity contribution in [3.05, 3.63) is 64.7 Å². The Bertz CT molecular complexity index is 1150. The maximum Gasteiger partial charge on any atom is 0.244 e. The number of hydrogen-bond donors (Lipinski definition) is 1. The fourth-order valence-electron chi connectivity index (χ4n) is 4.69. The number of aryl methyl sites for hydroxylation is 1. The van der Waals surface area contributed by atoms with E-state index < -0.39 is 28.5 Å². The first-order valence-electron chi connectivity index (χ1n) is 12.5. The van der Waals surface area contributed by atoms with Crippen LogP contribution in [-0.4, -0.2) is 50.0 Å². The summed E-state index contributed by atoms with van der Waals surface area (Å²) in [5.74, 6) is -0.634. The molecule has 2 amide bonds. The predicted octanol–water partition coefficient (Wildman–Crippen LogP) is 4.67. The van der Waals surface area contributed by atoms with Gasteiger partial charge in [-0.3, -0.25) is 13.9 Å². The molecule has 3 rings (SSSR count). The average molecular weight is 534 g/mol. The average Bonchev–Trinajstić information content (AvgIpc) is 2.83. The van der Waals surface area contributed by atoms with Crippen LogP contribution in [0.5, 0.6) is 0 Å². The van der Waals surface area contributed by atoms with Gasteiger partial charge in [-0.1, -0.05) is 67.6 Å². The summed E-state index contributed by atoms with van der Waals surface area (Å²) < 4.78 is 26.4. The molecule has 0 radical (unpaired) electrons. The number of hydrogen-bond acceptors (Lipinski definition) is 4. The molecule has 0 aliphatic heterocycles. The van der Waals surface area contributed by atoms with Crippen molar-refractivity contribution in [1.29, 1.82) is 0 Å². The first kappa shape index (κ1) is 28.0. The van der Waals surface area contributed by atoms with E-state index in [2.05, 4.69) is 5.32 Å². The standard InChI is InChI=1S/C27H36ClN3O4S/c1-4-25(27(33)29-23-11-6-5-7-12-23)30(18-21-10-8-9-20(2)17-21)26(32)19-31(36(3,34)35)24-15-13-22(28)14-16-24/h8-10,13-17,23,25H,4-7,11-12,18-19H2,1-3H3,(H,29,33)/t25-/m0/s1. The highest BCUT2D eigenvalue weighted by atomic mass is 35.5. The monoisotopic (exact) mass is 533 g/mol. The number of benzene rings is 2. The third kappa shape index (κ3) is 7.71. The minimum atomic E-state index is -3.77. The fraction of sp³-hybridized carbons (Fsp3) is 0.481. The van der Waals surface area contributed by atoms with Crippen LogP contribution in [0, 0.1) is 6.92 Å². The summed E-state index contributed by atoms with van der Waals surface area (Å²) in [4.78, 5) is 28.6. The van der Waals surface area contributed by atoms with E-state index in [4.69, 9.17) is 11.6 Å². The fourth-order valence-corrected chi connectivity index (χ4v) is 5.67. The molecule has 9 heteroatoms. The summed E-state index contributed by atoms with van der Waals surface area (Å²) in [6, 6.07) is 13.4. The molecule has 0 aromatic heterocycles. The van der Waals surface area contributed by atoms with Crippen LogP contribution in [0.25, 0.3) is 0 Å². The number of sulfonamides is 1. The van der Waals surface area contributed by atoms with Gasteiger partial charge in [0.15, 0.2) is 0 Å². The SMILES string of the molecule is CC[C@@H](C(=O)NC1CCCCC1)N(Cc1cccc(C)c1)C(=O)CN(c1ccc(Cl)cc1)S(C)(=O)=O. The van der Waals surface area contributed by atoms with E-state index >= 15 is 0 Å². The molecule has 1 aliphatic carbocycles. The quantitative estimate of drug-likeness (QED) is 0.481. The molecule has 0 bridgehead atoms. The molecule has 1 aliphatic rings. The Kier molecular flexibility index (Phi) is 9.79. The lowest BCUT2D eigenvalue weighted by Crippen LogP contribution is -2.53. The first-order valence-corrected chi connectivity index (χ1v) is 14.7. The summed E-state index contributed by atoms with van der Waals surface area (Å²) in [5.41, 5.74) is 2.26. The van der Waals surface area contributed by atoms with Gasteiger partial charge >= 0.3 is 0 Å². The second-order valence-corrected chi connectivity index (χ2v) is 11.9. The lowest BCUT2D eigenvalue weighted by atomic mass is 9.95. The number of anilines is 1. The van der Waals surface area contributed by atoms with Crippen molar-refractivity contribution in [2.45, 2.75) is 71.0 Å². The molecule has 1 fully saturated rings. The zero-order chi connectivity index (χ0) is 26.3. The van der Waals surface area contributed by atoms with Crippen LogP contribution < -0.4 is 9.62 Å². The number of amides is 2. The van der Waals surface area contributed by atoms with Gasteiger partial charge in [0, 0.05) is 17.6 Å². The molecule has 7 nitrogen and oxygen atoms in total. The molecule has 1 atom stereocenters. The third-order valence-corrected chi connectivity index (χ3v) is 7.96. The van der Waals surface area contributed by atoms with Crippen LogP contribution in [0.4, 0.5) is 5.69 Å². The lowest BCUT2D eigenvalue weighted by Gasteiger charge is -2.34. The number of nitrogens with zero attached hydrogens (tertiary/aromatic N) is 2. The van der Waals surface area contributed by atoms with E-state index in [1.54, 1.807) is 24.3 Å². The zero-order valence-electron chi connectivity index (χ0n) is 21.2. The molecular formula is C27H36ClN3O4S. The Morgan fingerprint density at radius 3 is 2.33 bits per heavy atom. The van der Waals surface area contributed by atoms with Crippen LogP contribution in [0.3, 0.4) is 0 Å². The number of rotatable bonds is 10. The highest BCUT2D eigenvalue weighted by Crippen LogP contribution is 2.23. The summed E-state index contributed by atoms with van der Waals surface area (Å²) in [7, 11) is -3.77. The van der Waals surface area contributed by atoms with Gasteiger partial charge in [0.05, 0.1) is 11.9 Å². The molecule has 1 N–H and O–H groups in total. The first-order chi connectivity index (χ1) is 17.1. The highest BCUT2D eigenvalue weighted by Gasteiger charge is 2.32. The Hall–Kier alpha value is -2.58. The van der Waals surface area contributed by atoms with Gasteiger partial charge in [-0.2, -0.15) is 0 Å².